The zero-order valence-corrected chi connectivity index (χ0v) is 55.5. The van der Waals surface area contributed by atoms with E-state index in [1.54, 1.807) is 50.0 Å². The van der Waals surface area contributed by atoms with Gasteiger partial charge in [-0.15, -0.1) is 21.5 Å². The highest BCUT2D eigenvalue weighted by atomic mass is 33.1. The molecule has 6 aliphatic rings. The van der Waals surface area contributed by atoms with E-state index in [0.29, 0.717) is 52.5 Å². The summed E-state index contributed by atoms with van der Waals surface area (Å²) >= 11 is 1.59. The summed E-state index contributed by atoms with van der Waals surface area (Å²) in [5.74, 6) is 1.35. The molecule has 5 aliphatic heterocycles. The summed E-state index contributed by atoms with van der Waals surface area (Å²) < 4.78 is 30.7. The lowest BCUT2D eigenvalue weighted by atomic mass is 9.91. The molecule has 2 aromatic carbocycles. The minimum Gasteiger partial charge on any atom is -0.507 e. The van der Waals surface area contributed by atoms with Gasteiger partial charge in [0.25, 0.3) is 0 Å². The smallest absolute Gasteiger partial charge is 0.507 e. The molecule has 1 saturated carbocycles. The number of rotatable bonds is 22. The molecule has 0 radical (unpaired) electrons. The number of nitrogens with zero attached hydrogens (tertiary/aromatic N) is 10. The number of phenols is 1. The zero-order chi connectivity index (χ0) is 63.4. The van der Waals surface area contributed by atoms with Crippen molar-refractivity contribution in [3.63, 3.8) is 0 Å². The number of hydrogen-bond donors (Lipinski definition) is 3. The standard InChI is InChI=1S/C67H86N12O9S3/c1-39(2)62(66(82)78-37-53(87-67(83)84-42(5)43(6)91-89-7)31-57(78)65(81)71-40(3)45-12-14-46(15-13-45)63-41(4)70-38-90-63)59-33-60(74-88-59)76-26-19-44(20-27-76)34-75-24-21-50(22-25-75)85-51-29-52(30-51)86-61-28-47(18-23-69-61)79-48-16-17-49(79)36-77(35-48)56-32-55(72-73-64(56)68)54-10-8-9-11-58(54)80/h8-15,18,23,28,32-33,38-40,42-44,48-53,57,62,80H,16-17,19-22,24-27,29-31,34-37H2,1-7H3,(H2,68,73)(H,71,81)/t40-,42?,43?,48?,49?,51?,52?,53+,57-,62+/m0/s1. The molecule has 24 heteroatoms. The Labute approximate surface area is 545 Å². The fourth-order valence-electron chi connectivity index (χ4n) is 14.1. The summed E-state index contributed by atoms with van der Waals surface area (Å²) in [6.07, 6.45) is 10.4. The summed E-state index contributed by atoms with van der Waals surface area (Å²) in [4.78, 5) is 63.9. The molecular weight excluding hydrogens is 1210 g/mol. The number of para-hydroxylation sites is 1. The van der Waals surface area contributed by atoms with E-state index in [1.807, 2.05) is 108 Å². The Morgan fingerprint density at radius 3 is 2.27 bits per heavy atom. The van der Waals surface area contributed by atoms with Gasteiger partial charge >= 0.3 is 6.16 Å². The number of carbonyl (C=O) groups excluding carboxylic acids is 3. The molecule has 2 amide bonds. The van der Waals surface area contributed by atoms with Crippen LogP contribution < -0.4 is 30.5 Å². The van der Waals surface area contributed by atoms with E-state index in [4.69, 9.17) is 29.2 Å². The maximum Gasteiger partial charge on any atom is 0.508 e. The number of aryl methyl sites for hydroxylation is 1. The SMILES string of the molecule is CSSC(C)C(C)OC(=O)O[C@@H]1C[C@@H](C(=O)N[C@@H](C)c2ccc(-c3scnc3C)cc2)N(C(=O)[C@@H](c2cc(N3CCC(CN4CCC(OC5CC(Oc6cc(N7C8CCC7CN(c7cc(-c9ccccc9O)nnc7N)C8)ccn6)C5)CC4)CC3)no2)C(C)C)C1. The van der Waals surface area contributed by atoms with E-state index in [9.17, 15) is 19.5 Å². The first-order chi connectivity index (χ1) is 44.0. The molecule has 1 aliphatic carbocycles. The van der Waals surface area contributed by atoms with Crippen LogP contribution in [0.4, 0.5) is 27.8 Å². The van der Waals surface area contributed by atoms with Crippen LogP contribution in [0.1, 0.15) is 121 Å². The van der Waals surface area contributed by atoms with Crippen LogP contribution >= 0.6 is 32.9 Å². The predicted octanol–water partition coefficient (Wildman–Crippen LogP) is 10.9. The molecule has 4 unspecified atom stereocenters. The number of anilines is 4. The van der Waals surface area contributed by atoms with Crippen LogP contribution in [-0.2, 0) is 23.8 Å². The van der Waals surface area contributed by atoms with Gasteiger partial charge in [0.1, 0.15) is 36.0 Å². The van der Waals surface area contributed by atoms with Crippen LogP contribution in [0.2, 0.25) is 0 Å². The van der Waals surface area contributed by atoms with Crippen molar-refractivity contribution in [1.82, 2.24) is 40.4 Å². The van der Waals surface area contributed by atoms with Crippen molar-refractivity contribution in [3.8, 4) is 33.3 Å². The van der Waals surface area contributed by atoms with E-state index >= 15 is 0 Å². The number of nitrogen functional groups attached to an aromatic ring is 1. The van der Waals surface area contributed by atoms with Crippen molar-refractivity contribution < 1.29 is 43.0 Å². The number of hydrogen-bond acceptors (Lipinski definition) is 22. The number of aromatic hydroxyl groups is 1. The molecule has 2 bridgehead atoms. The predicted molar refractivity (Wildman–Crippen MR) is 357 cm³/mol. The van der Waals surface area contributed by atoms with E-state index in [-0.39, 0.29) is 66.1 Å². The van der Waals surface area contributed by atoms with E-state index in [2.05, 4.69) is 62.4 Å². The lowest BCUT2D eigenvalue weighted by molar-refractivity contribution is -0.141. The number of likely N-dealkylation sites (tertiary alicyclic amines) is 2. The number of fused-ring (bicyclic) bond motifs is 2. The molecule has 4 N–H and O–H groups in total. The quantitative estimate of drug-likeness (QED) is 0.0423. The Morgan fingerprint density at radius 2 is 1.57 bits per heavy atom. The van der Waals surface area contributed by atoms with Gasteiger partial charge in [0.15, 0.2) is 17.4 Å². The summed E-state index contributed by atoms with van der Waals surface area (Å²) in [5.41, 5.74) is 14.4. The molecule has 4 aromatic heterocycles. The molecule has 12 rings (SSSR count). The number of thiazole rings is 1. The number of aromatic nitrogens is 5. The number of phenolic OH excluding ortho intramolecular Hbond substituents is 1. The average molecular weight is 1300 g/mol. The topological polar surface area (TPSA) is 240 Å². The van der Waals surface area contributed by atoms with Crippen LogP contribution in [0.25, 0.3) is 21.7 Å². The van der Waals surface area contributed by atoms with Gasteiger partial charge in [0.05, 0.1) is 52.3 Å². The number of pyridine rings is 1. The number of carbonyl (C=O) groups is 3. The third kappa shape index (κ3) is 14.8. The summed E-state index contributed by atoms with van der Waals surface area (Å²) in [7, 11) is 3.20. The average Bonchev–Trinajstić information content (AvgIpc) is 1.76. The summed E-state index contributed by atoms with van der Waals surface area (Å²) in [6, 6.07) is 22.6. The van der Waals surface area contributed by atoms with Crippen molar-refractivity contribution in [2.24, 2.45) is 11.8 Å². The Morgan fingerprint density at radius 1 is 0.824 bits per heavy atom. The Balaban J connectivity index is 0.589. The second-order valence-corrected chi connectivity index (χ2v) is 29.6. The number of benzene rings is 2. The number of ether oxygens (including phenoxy) is 4. The Hall–Kier alpha value is -6.86. The molecule has 91 heavy (non-hydrogen) atoms. The van der Waals surface area contributed by atoms with Crippen molar-refractivity contribution in [2.45, 2.75) is 165 Å². The van der Waals surface area contributed by atoms with Crippen LogP contribution in [0.5, 0.6) is 11.6 Å². The van der Waals surface area contributed by atoms with Crippen LogP contribution in [0.3, 0.4) is 0 Å². The van der Waals surface area contributed by atoms with E-state index in [1.165, 1.54) is 0 Å². The van der Waals surface area contributed by atoms with E-state index in [0.717, 1.165) is 130 Å². The monoisotopic (exact) mass is 1300 g/mol. The molecule has 6 aromatic rings. The molecular formula is C67H86N12O9S3. The Bertz CT molecular complexity index is 3450. The normalized spacial score (nSPS) is 23.6. The van der Waals surface area contributed by atoms with E-state index < -0.39 is 30.3 Å². The highest BCUT2D eigenvalue weighted by Crippen LogP contribution is 2.42. The van der Waals surface area contributed by atoms with Gasteiger partial charge in [-0.2, -0.15) is 0 Å². The zero-order valence-electron chi connectivity index (χ0n) is 53.1. The van der Waals surface area contributed by atoms with Gasteiger partial charge in [-0.3, -0.25) is 9.59 Å². The second-order valence-electron chi connectivity index (χ2n) is 25.9. The highest BCUT2D eigenvalue weighted by molar-refractivity contribution is 8.76. The maximum absolute atomic E-state index is 15.0. The van der Waals surface area contributed by atoms with Crippen molar-refractivity contribution in [3.05, 3.63) is 102 Å². The number of nitrogens with one attached hydrogen (secondary N) is 1. The molecule has 5 saturated heterocycles. The fourth-order valence-corrected chi connectivity index (χ4v) is 16.8. The van der Waals surface area contributed by atoms with Gasteiger partial charge in [-0.1, -0.05) is 77.0 Å². The largest absolute Gasteiger partial charge is 0.508 e. The van der Waals surface area contributed by atoms with Gasteiger partial charge in [0.2, 0.25) is 17.7 Å². The minimum atomic E-state index is -0.911. The van der Waals surface area contributed by atoms with Crippen molar-refractivity contribution >= 4 is 73.9 Å². The first kappa shape index (κ1) is 64.3. The van der Waals surface area contributed by atoms with Gasteiger partial charge in [-0.05, 0) is 120 Å². The molecule has 6 fully saturated rings. The fraction of sp³-hybridized carbons (Fsp3) is 0.552. The number of amides is 2. The summed E-state index contributed by atoms with van der Waals surface area (Å²) in [5, 5.41) is 26.8. The van der Waals surface area contributed by atoms with Crippen molar-refractivity contribution in [1.29, 1.82) is 0 Å². The number of piperidine rings is 2. The third-order valence-electron chi connectivity index (χ3n) is 19.4. The molecule has 9 heterocycles. The molecule has 8 atom stereocenters. The molecule has 486 valence electrons. The lowest BCUT2D eigenvalue weighted by Gasteiger charge is -2.43. The first-order valence-electron chi connectivity index (χ1n) is 32.4. The first-order valence-corrected chi connectivity index (χ1v) is 35.9. The Kier molecular flexibility index (Phi) is 20.2. The summed E-state index contributed by atoms with van der Waals surface area (Å²) in [6.45, 7) is 18.0. The highest BCUT2D eigenvalue weighted by Gasteiger charge is 2.47. The van der Waals surface area contributed by atoms with Gasteiger partial charge in [0, 0.05) is 112 Å². The minimum absolute atomic E-state index is 0.0275. The molecule has 0 spiro atoms. The number of nitrogens with two attached hydrogens (primary N) is 1. The van der Waals surface area contributed by atoms with Gasteiger partial charge in [-0.25, -0.2) is 14.8 Å². The van der Waals surface area contributed by atoms with Crippen LogP contribution in [0.15, 0.2) is 89.0 Å². The maximum atomic E-state index is 15.0. The van der Waals surface area contributed by atoms with Crippen LogP contribution in [-0.4, -0.2) is 171 Å². The van der Waals surface area contributed by atoms with Crippen molar-refractivity contribution in [2.75, 3.05) is 79.0 Å². The van der Waals surface area contributed by atoms with Crippen LogP contribution in [0, 0.1) is 18.8 Å². The molecule has 21 nitrogen and oxygen atoms in total. The lowest BCUT2D eigenvalue weighted by Crippen LogP contribution is -2.54. The number of piperazine rings is 1. The second kappa shape index (κ2) is 28.6. The van der Waals surface area contributed by atoms with Gasteiger partial charge < -0.3 is 64.1 Å². The third-order valence-corrected chi connectivity index (χ3v) is 22.7.